The topological polar surface area (TPSA) is 76.7 Å². The summed E-state index contributed by atoms with van der Waals surface area (Å²) in [6.07, 6.45) is -6.14. The number of rotatable bonds is 2. The summed E-state index contributed by atoms with van der Waals surface area (Å²) in [7, 11) is 0. The molecule has 9 heteroatoms. The first-order chi connectivity index (χ1) is 13.1. The summed E-state index contributed by atoms with van der Waals surface area (Å²) in [5, 5.41) is 2.43. The zero-order valence-corrected chi connectivity index (χ0v) is 16.0. The second kappa shape index (κ2) is 6.23. The third kappa shape index (κ3) is 3.03. The summed E-state index contributed by atoms with van der Waals surface area (Å²) in [6, 6.07) is 12.9. The fourth-order valence-electron chi connectivity index (χ4n) is 3.90. The van der Waals surface area contributed by atoms with Crippen LogP contribution >= 0.6 is 15.9 Å². The van der Waals surface area contributed by atoms with E-state index in [0.717, 1.165) is 0 Å². The summed E-state index contributed by atoms with van der Waals surface area (Å²) in [4.78, 5) is 17.1. The Morgan fingerprint density at radius 1 is 1.21 bits per heavy atom. The van der Waals surface area contributed by atoms with Gasteiger partial charge in [0.1, 0.15) is 11.4 Å². The predicted molar refractivity (Wildman–Crippen MR) is 99.6 cm³/mol. The highest BCUT2D eigenvalue weighted by Gasteiger charge is 2.59. The van der Waals surface area contributed by atoms with Crippen LogP contribution in [0.25, 0.3) is 0 Å². The van der Waals surface area contributed by atoms with Gasteiger partial charge in [-0.15, -0.1) is 0 Å². The molecule has 2 heterocycles. The van der Waals surface area contributed by atoms with Crippen LogP contribution < -0.4 is 15.8 Å². The van der Waals surface area contributed by atoms with Gasteiger partial charge in [0.05, 0.1) is 6.42 Å². The molecule has 4 rings (SSSR count). The normalized spacial score (nSPS) is 26.4. The van der Waals surface area contributed by atoms with E-state index in [1.165, 1.54) is 6.07 Å². The number of alkyl halides is 3. The van der Waals surface area contributed by atoms with Crippen molar-refractivity contribution < 1.29 is 22.7 Å². The number of aliphatic imine (C=N–C) groups is 1. The smallest absolute Gasteiger partial charge is 0.393 e. The molecule has 2 aromatic carbocycles. The quantitative estimate of drug-likeness (QED) is 0.727. The van der Waals surface area contributed by atoms with Crippen molar-refractivity contribution >= 4 is 27.8 Å². The van der Waals surface area contributed by atoms with Gasteiger partial charge in [-0.25, -0.2) is 4.99 Å². The van der Waals surface area contributed by atoms with Crippen molar-refractivity contribution in [3.05, 3.63) is 64.1 Å². The molecule has 2 aromatic rings. The molecular formula is C19H15BrF3N3O2. The number of nitrogens with zero attached hydrogens (tertiary/aromatic N) is 1. The molecule has 146 valence electrons. The van der Waals surface area contributed by atoms with E-state index in [0.29, 0.717) is 15.6 Å². The van der Waals surface area contributed by atoms with Crippen LogP contribution in [0.3, 0.4) is 0 Å². The van der Waals surface area contributed by atoms with Crippen LogP contribution in [0, 0.1) is 0 Å². The van der Waals surface area contributed by atoms with E-state index in [-0.39, 0.29) is 18.1 Å². The van der Waals surface area contributed by atoms with E-state index >= 15 is 0 Å². The number of carbonyl (C=O) groups is 1. The number of hydrogen-bond donors (Lipinski definition) is 2. The number of ether oxygens (including phenoxy) is 1. The molecule has 1 amide bonds. The molecule has 5 nitrogen and oxygen atoms in total. The minimum atomic E-state index is -4.53. The fourth-order valence-corrected chi connectivity index (χ4v) is 4.26. The molecule has 3 N–H and O–H groups in total. The Labute approximate surface area is 166 Å². The van der Waals surface area contributed by atoms with Gasteiger partial charge in [0.15, 0.2) is 11.5 Å². The minimum Gasteiger partial charge on any atom is -0.482 e. The van der Waals surface area contributed by atoms with E-state index in [4.69, 9.17) is 10.5 Å². The van der Waals surface area contributed by atoms with Crippen LogP contribution in [0.1, 0.15) is 24.0 Å². The summed E-state index contributed by atoms with van der Waals surface area (Å²) in [5.74, 6) is -0.543. The van der Waals surface area contributed by atoms with Crippen molar-refractivity contribution in [1.29, 1.82) is 0 Å². The first kappa shape index (κ1) is 18.8. The van der Waals surface area contributed by atoms with E-state index in [9.17, 15) is 18.0 Å². The van der Waals surface area contributed by atoms with Gasteiger partial charge in [0.2, 0.25) is 0 Å². The van der Waals surface area contributed by atoms with Gasteiger partial charge in [-0.05, 0) is 23.8 Å². The number of fused-ring (bicyclic) bond motifs is 2. The van der Waals surface area contributed by atoms with Crippen LogP contribution in [0.5, 0.6) is 5.75 Å². The van der Waals surface area contributed by atoms with E-state index < -0.39 is 29.6 Å². The Morgan fingerprint density at radius 3 is 2.54 bits per heavy atom. The highest BCUT2D eigenvalue weighted by molar-refractivity contribution is 9.10. The largest absolute Gasteiger partial charge is 0.482 e. The van der Waals surface area contributed by atoms with Crippen LogP contribution in [-0.2, 0) is 15.9 Å². The Morgan fingerprint density at radius 2 is 1.93 bits per heavy atom. The molecule has 0 aliphatic carbocycles. The van der Waals surface area contributed by atoms with Crippen molar-refractivity contribution in [2.45, 2.75) is 30.2 Å². The molecule has 0 saturated heterocycles. The van der Waals surface area contributed by atoms with Gasteiger partial charge < -0.3 is 10.5 Å². The average Bonchev–Trinajstić information content (AvgIpc) is 2.89. The number of nitrogens with two attached hydrogens (primary N) is 1. The van der Waals surface area contributed by atoms with E-state index in [2.05, 4.69) is 26.2 Å². The summed E-state index contributed by atoms with van der Waals surface area (Å²) < 4.78 is 47.5. The number of hydrogen-bond acceptors (Lipinski definition) is 4. The third-order valence-electron chi connectivity index (χ3n) is 4.95. The standard InChI is InChI=1S/C19H15BrF3N3O2/c20-12-6-7-14-13(8-12)18(15(27)25-16(24)26-18)9-17(28-14,10-19(21,22)23)11-4-2-1-3-5-11/h1-8H,9-10H2,(H3,24,25,26,27)/t17-,18?/m1/s1. The fraction of sp³-hybridized carbons (Fsp3) is 0.263. The predicted octanol–water partition coefficient (Wildman–Crippen LogP) is 3.72. The highest BCUT2D eigenvalue weighted by Crippen LogP contribution is 2.54. The lowest BCUT2D eigenvalue weighted by atomic mass is 9.72. The molecule has 2 atom stereocenters. The van der Waals surface area contributed by atoms with Crippen LogP contribution in [0.15, 0.2) is 58.0 Å². The molecule has 1 unspecified atom stereocenters. The molecular weight excluding hydrogens is 439 g/mol. The maximum atomic E-state index is 13.6. The molecule has 2 aliphatic heterocycles. The molecule has 2 aliphatic rings. The first-order valence-corrected chi connectivity index (χ1v) is 9.21. The van der Waals surface area contributed by atoms with Crippen molar-refractivity contribution in [2.24, 2.45) is 10.7 Å². The lowest BCUT2D eigenvalue weighted by Crippen LogP contribution is -2.51. The van der Waals surface area contributed by atoms with Gasteiger partial charge in [0.25, 0.3) is 5.91 Å². The van der Waals surface area contributed by atoms with Crippen molar-refractivity contribution in [1.82, 2.24) is 5.32 Å². The van der Waals surface area contributed by atoms with Gasteiger partial charge in [-0.2, -0.15) is 13.2 Å². The van der Waals surface area contributed by atoms with Crippen molar-refractivity contribution in [3.8, 4) is 5.75 Å². The zero-order chi connectivity index (χ0) is 20.2. The maximum absolute atomic E-state index is 13.6. The summed E-state index contributed by atoms with van der Waals surface area (Å²) in [6.45, 7) is 0. The lowest BCUT2D eigenvalue weighted by Gasteiger charge is -2.45. The maximum Gasteiger partial charge on any atom is 0.393 e. The van der Waals surface area contributed by atoms with E-state index in [1.807, 2.05) is 0 Å². The van der Waals surface area contributed by atoms with Crippen molar-refractivity contribution in [3.63, 3.8) is 0 Å². The van der Waals surface area contributed by atoms with Gasteiger partial charge in [-0.3, -0.25) is 10.1 Å². The number of guanidine groups is 1. The Bertz CT molecular complexity index is 980. The molecule has 1 spiro atoms. The minimum absolute atomic E-state index is 0.133. The van der Waals surface area contributed by atoms with Gasteiger partial charge in [-0.1, -0.05) is 46.3 Å². The number of benzene rings is 2. The number of halogens is 4. The Balaban J connectivity index is 1.98. The van der Waals surface area contributed by atoms with E-state index in [1.54, 1.807) is 42.5 Å². The Kier molecular flexibility index (Phi) is 4.18. The number of nitrogens with one attached hydrogen (secondary N) is 1. The number of carbonyl (C=O) groups excluding carboxylic acids is 1. The first-order valence-electron chi connectivity index (χ1n) is 8.42. The van der Waals surface area contributed by atoms with Crippen LogP contribution in [0.2, 0.25) is 0 Å². The molecule has 0 bridgehead atoms. The van der Waals surface area contributed by atoms with Gasteiger partial charge >= 0.3 is 6.18 Å². The van der Waals surface area contributed by atoms with Crippen molar-refractivity contribution in [2.75, 3.05) is 0 Å². The summed E-state index contributed by atoms with van der Waals surface area (Å²) in [5.41, 5.74) is 2.97. The second-order valence-electron chi connectivity index (χ2n) is 6.88. The molecule has 0 radical (unpaired) electrons. The summed E-state index contributed by atoms with van der Waals surface area (Å²) >= 11 is 3.33. The molecule has 0 fully saturated rings. The molecule has 28 heavy (non-hydrogen) atoms. The Hall–Kier alpha value is -2.55. The second-order valence-corrected chi connectivity index (χ2v) is 7.80. The SMILES string of the molecule is NC1=NC2(C[C@@](CC(F)(F)F)(c3ccccc3)Oc3ccc(Br)cc32)C(=O)N1. The zero-order valence-electron chi connectivity index (χ0n) is 14.4. The van der Waals surface area contributed by atoms with Crippen LogP contribution in [-0.4, -0.2) is 18.0 Å². The number of amides is 1. The third-order valence-corrected chi connectivity index (χ3v) is 5.44. The van der Waals surface area contributed by atoms with Gasteiger partial charge in [0, 0.05) is 16.5 Å². The van der Waals surface area contributed by atoms with Crippen LogP contribution in [0.4, 0.5) is 13.2 Å². The highest BCUT2D eigenvalue weighted by atomic mass is 79.9. The average molecular weight is 454 g/mol. The molecule has 0 aromatic heterocycles. The molecule has 0 saturated carbocycles. The monoisotopic (exact) mass is 453 g/mol. The lowest BCUT2D eigenvalue weighted by molar-refractivity contribution is -0.181.